The van der Waals surface area contributed by atoms with Crippen molar-refractivity contribution in [3.63, 3.8) is 0 Å². The predicted octanol–water partition coefficient (Wildman–Crippen LogP) is 1.04. The van der Waals surface area contributed by atoms with Gasteiger partial charge in [-0.2, -0.15) is 0 Å². The lowest BCUT2D eigenvalue weighted by atomic mass is 9.99. The Morgan fingerprint density at radius 2 is 2.00 bits per heavy atom. The average molecular weight is 317 g/mol. The van der Waals surface area contributed by atoms with Gasteiger partial charge in [0.1, 0.15) is 11.9 Å². The van der Waals surface area contributed by atoms with Crippen molar-refractivity contribution in [3.05, 3.63) is 41.7 Å². The van der Waals surface area contributed by atoms with Gasteiger partial charge in [0.15, 0.2) is 0 Å². The van der Waals surface area contributed by atoms with Crippen LogP contribution in [0.3, 0.4) is 0 Å². The molecule has 3 rings (SSSR count). The first kappa shape index (κ1) is 15.2. The van der Waals surface area contributed by atoms with Gasteiger partial charge in [-0.15, -0.1) is 0 Å². The number of amides is 4. The molecule has 1 atom stereocenters. The van der Waals surface area contributed by atoms with Crippen LogP contribution in [-0.2, 0) is 9.59 Å². The van der Waals surface area contributed by atoms with E-state index < -0.39 is 18.0 Å². The van der Waals surface area contributed by atoms with E-state index in [9.17, 15) is 18.8 Å². The Kier molecular flexibility index (Phi) is 4.10. The summed E-state index contributed by atoms with van der Waals surface area (Å²) < 4.78 is 12.9. The summed E-state index contributed by atoms with van der Waals surface area (Å²) >= 11 is 0. The molecule has 0 aliphatic carbocycles. The zero-order chi connectivity index (χ0) is 16.4. The van der Waals surface area contributed by atoms with Crippen LogP contribution in [-0.4, -0.2) is 41.9 Å². The third kappa shape index (κ3) is 3.39. The van der Waals surface area contributed by atoms with Crippen LogP contribution < -0.4 is 10.6 Å². The van der Waals surface area contributed by atoms with Crippen LogP contribution in [0.25, 0.3) is 5.57 Å². The summed E-state index contributed by atoms with van der Waals surface area (Å²) in [7, 11) is 0. The summed E-state index contributed by atoms with van der Waals surface area (Å²) in [5.74, 6) is -0.927. The van der Waals surface area contributed by atoms with E-state index in [1.165, 1.54) is 12.1 Å². The highest BCUT2D eigenvalue weighted by Gasteiger charge is 2.32. The first-order chi connectivity index (χ1) is 11.0. The van der Waals surface area contributed by atoms with Crippen molar-refractivity contribution in [1.29, 1.82) is 0 Å². The van der Waals surface area contributed by atoms with Crippen molar-refractivity contribution >= 4 is 23.4 Å². The van der Waals surface area contributed by atoms with Gasteiger partial charge in [-0.1, -0.05) is 18.2 Å². The highest BCUT2D eigenvalue weighted by atomic mass is 19.1. The maximum absolute atomic E-state index is 12.9. The molecule has 120 valence electrons. The number of halogens is 1. The van der Waals surface area contributed by atoms with E-state index in [0.29, 0.717) is 19.5 Å². The topological polar surface area (TPSA) is 78.5 Å². The number of hydrogen-bond donors (Lipinski definition) is 2. The lowest BCUT2D eigenvalue weighted by Gasteiger charge is -2.27. The van der Waals surface area contributed by atoms with E-state index in [0.717, 1.165) is 11.1 Å². The summed E-state index contributed by atoms with van der Waals surface area (Å²) in [6, 6.07) is 4.90. The molecule has 23 heavy (non-hydrogen) atoms. The fraction of sp³-hybridized carbons (Fsp3) is 0.312. The zero-order valence-electron chi connectivity index (χ0n) is 12.3. The number of hydrogen-bond acceptors (Lipinski definition) is 3. The lowest BCUT2D eigenvalue weighted by Crippen LogP contribution is -2.40. The molecule has 1 aromatic rings. The summed E-state index contributed by atoms with van der Waals surface area (Å²) in [5, 5.41) is 4.52. The number of imide groups is 1. The number of nitrogens with zero attached hydrogens (tertiary/aromatic N) is 1. The molecule has 1 unspecified atom stereocenters. The molecule has 1 aromatic carbocycles. The minimum Gasteiger partial charge on any atom is -0.339 e. The Hall–Kier alpha value is -2.70. The Bertz CT molecular complexity index is 684. The van der Waals surface area contributed by atoms with Crippen molar-refractivity contribution in [2.45, 2.75) is 18.9 Å². The monoisotopic (exact) mass is 317 g/mol. The van der Waals surface area contributed by atoms with Crippen molar-refractivity contribution in [3.8, 4) is 0 Å². The lowest BCUT2D eigenvalue weighted by molar-refractivity contribution is -0.133. The number of benzene rings is 1. The zero-order valence-corrected chi connectivity index (χ0v) is 12.3. The molecule has 4 amide bonds. The van der Waals surface area contributed by atoms with Crippen LogP contribution in [0.4, 0.5) is 9.18 Å². The molecule has 2 aliphatic heterocycles. The third-order valence-corrected chi connectivity index (χ3v) is 4.01. The van der Waals surface area contributed by atoms with Gasteiger partial charge < -0.3 is 10.2 Å². The maximum atomic E-state index is 12.9. The molecule has 0 bridgehead atoms. The molecule has 7 heteroatoms. The highest BCUT2D eigenvalue weighted by molar-refractivity contribution is 6.05. The first-order valence-corrected chi connectivity index (χ1v) is 7.37. The second-order valence-electron chi connectivity index (χ2n) is 5.55. The average Bonchev–Trinajstić information content (AvgIpc) is 2.86. The molecule has 6 nitrogen and oxygen atoms in total. The molecule has 2 N–H and O–H groups in total. The van der Waals surface area contributed by atoms with Gasteiger partial charge in [-0.05, 0) is 29.7 Å². The molecule has 2 heterocycles. The van der Waals surface area contributed by atoms with Gasteiger partial charge in [0.2, 0.25) is 5.91 Å². The van der Waals surface area contributed by atoms with Crippen molar-refractivity contribution in [1.82, 2.24) is 15.5 Å². The molecular formula is C16H16FN3O3. The quantitative estimate of drug-likeness (QED) is 0.818. The minimum atomic E-state index is -0.794. The number of rotatable bonds is 3. The molecule has 1 fully saturated rings. The summed E-state index contributed by atoms with van der Waals surface area (Å²) in [4.78, 5) is 36.4. The van der Waals surface area contributed by atoms with E-state index in [-0.39, 0.29) is 18.1 Å². The van der Waals surface area contributed by atoms with Gasteiger partial charge in [0.05, 0.1) is 6.42 Å². The minimum absolute atomic E-state index is 0.0444. The molecule has 0 radical (unpaired) electrons. The van der Waals surface area contributed by atoms with Gasteiger partial charge in [0.25, 0.3) is 5.91 Å². The Balaban J connectivity index is 1.59. The largest absolute Gasteiger partial charge is 0.339 e. The Morgan fingerprint density at radius 3 is 2.57 bits per heavy atom. The van der Waals surface area contributed by atoms with Crippen molar-refractivity contribution in [2.24, 2.45) is 0 Å². The Labute approximate surface area is 132 Å². The van der Waals surface area contributed by atoms with E-state index >= 15 is 0 Å². The first-order valence-electron chi connectivity index (χ1n) is 7.37. The van der Waals surface area contributed by atoms with Gasteiger partial charge in [-0.25, -0.2) is 9.18 Å². The van der Waals surface area contributed by atoms with Crippen LogP contribution in [0.15, 0.2) is 30.3 Å². The van der Waals surface area contributed by atoms with Crippen LogP contribution in [0.1, 0.15) is 18.4 Å². The molecule has 2 aliphatic rings. The van der Waals surface area contributed by atoms with Crippen LogP contribution in [0.2, 0.25) is 0 Å². The molecule has 0 aromatic heterocycles. The van der Waals surface area contributed by atoms with Gasteiger partial charge in [0, 0.05) is 13.1 Å². The van der Waals surface area contributed by atoms with Gasteiger partial charge in [-0.3, -0.25) is 14.9 Å². The smallest absolute Gasteiger partial charge is 0.322 e. The van der Waals surface area contributed by atoms with Crippen LogP contribution in [0.5, 0.6) is 0 Å². The fourth-order valence-electron chi connectivity index (χ4n) is 2.73. The van der Waals surface area contributed by atoms with Crippen molar-refractivity contribution < 1.29 is 18.8 Å². The summed E-state index contributed by atoms with van der Waals surface area (Å²) in [6.07, 6.45) is 2.56. The number of nitrogens with one attached hydrogen (secondary N) is 2. The van der Waals surface area contributed by atoms with Crippen LogP contribution in [0, 0.1) is 5.82 Å². The second-order valence-corrected chi connectivity index (χ2v) is 5.55. The van der Waals surface area contributed by atoms with Crippen LogP contribution >= 0.6 is 0 Å². The molecule has 1 saturated heterocycles. The SMILES string of the molecule is O=C1NC(=O)C(CC(=O)N2CC=C(c3ccc(F)cc3)CC2)N1. The predicted molar refractivity (Wildman–Crippen MR) is 80.7 cm³/mol. The molecular weight excluding hydrogens is 301 g/mol. The number of carbonyl (C=O) groups is 3. The van der Waals surface area contributed by atoms with E-state index in [1.807, 2.05) is 6.08 Å². The fourth-order valence-corrected chi connectivity index (χ4v) is 2.73. The third-order valence-electron chi connectivity index (χ3n) is 4.01. The second kappa shape index (κ2) is 6.20. The number of carbonyl (C=O) groups excluding carboxylic acids is 3. The highest BCUT2D eigenvalue weighted by Crippen LogP contribution is 2.23. The Morgan fingerprint density at radius 1 is 1.26 bits per heavy atom. The normalized spacial score (nSPS) is 20.8. The van der Waals surface area contributed by atoms with E-state index in [2.05, 4.69) is 10.6 Å². The molecule has 0 saturated carbocycles. The molecule has 0 spiro atoms. The number of urea groups is 1. The summed E-state index contributed by atoms with van der Waals surface area (Å²) in [5.41, 5.74) is 2.02. The standard InChI is InChI=1S/C16H16FN3O3/c17-12-3-1-10(2-4-12)11-5-7-20(8-6-11)14(21)9-13-15(22)19-16(23)18-13/h1-5,13H,6-9H2,(H2,18,19,22,23). The maximum Gasteiger partial charge on any atom is 0.322 e. The van der Waals surface area contributed by atoms with E-state index in [4.69, 9.17) is 0 Å². The van der Waals surface area contributed by atoms with Crippen molar-refractivity contribution in [2.75, 3.05) is 13.1 Å². The van der Waals surface area contributed by atoms with E-state index in [1.54, 1.807) is 17.0 Å². The van der Waals surface area contributed by atoms with Gasteiger partial charge >= 0.3 is 6.03 Å². The summed E-state index contributed by atoms with van der Waals surface area (Å²) in [6.45, 7) is 0.970.